The maximum Gasteiger partial charge on any atom is 0.0305 e. The predicted molar refractivity (Wildman–Crippen MR) is 67.2 cm³/mol. The molecule has 0 spiro atoms. The van der Waals surface area contributed by atoms with E-state index in [-0.39, 0.29) is 0 Å². The van der Waals surface area contributed by atoms with Crippen LogP contribution in [0.1, 0.15) is 5.56 Å². The van der Waals surface area contributed by atoms with Crippen molar-refractivity contribution in [2.75, 3.05) is 0 Å². The summed E-state index contributed by atoms with van der Waals surface area (Å²) in [4.78, 5) is 0. The lowest BCUT2D eigenvalue weighted by Gasteiger charge is -2.03. The highest BCUT2D eigenvalue weighted by molar-refractivity contribution is 14.1. The monoisotopic (exact) mass is 452 g/mol. The lowest BCUT2D eigenvalue weighted by Crippen LogP contribution is -1.84. The second-order valence-electron chi connectivity index (χ2n) is 1.98. The Bertz CT molecular complexity index is 249. The molecule has 0 bridgehead atoms. The molecule has 0 nitrogen and oxygen atoms in total. The van der Waals surface area contributed by atoms with E-state index in [1.165, 1.54) is 9.13 Å². The van der Waals surface area contributed by atoms with Gasteiger partial charge in [-0.1, -0.05) is 47.8 Å². The Morgan fingerprint density at radius 2 is 1.64 bits per heavy atom. The minimum Gasteiger partial charge on any atom is -0.0875 e. The Morgan fingerprint density at radius 1 is 1.18 bits per heavy atom. The van der Waals surface area contributed by atoms with Gasteiger partial charge in [0.25, 0.3) is 0 Å². The van der Waals surface area contributed by atoms with Crippen LogP contribution >= 0.6 is 70.4 Å². The number of benzene rings is 1. The zero-order valence-electron chi connectivity index (χ0n) is 5.37. The lowest BCUT2D eigenvalue weighted by atomic mass is 10.2. The molecule has 0 radical (unpaired) electrons. The lowest BCUT2D eigenvalue weighted by molar-refractivity contribution is 1.35. The van der Waals surface area contributed by atoms with Crippen LogP contribution in [0.3, 0.4) is 0 Å². The topological polar surface area (TPSA) is 0 Å². The summed E-state index contributed by atoms with van der Waals surface area (Å²) in [6, 6.07) is 4.20. The van der Waals surface area contributed by atoms with Gasteiger partial charge in [0.15, 0.2) is 0 Å². The summed E-state index contributed by atoms with van der Waals surface area (Å²) in [7, 11) is 0. The van der Waals surface area contributed by atoms with Crippen LogP contribution < -0.4 is 0 Å². The fourth-order valence-electron chi connectivity index (χ4n) is 0.700. The number of hydrogen-bond donors (Lipinski definition) is 0. The van der Waals surface area contributed by atoms with Crippen LogP contribution in [-0.2, 0) is 5.33 Å². The first-order valence-corrected chi connectivity index (χ1v) is 6.63. The molecule has 1 aromatic rings. The summed E-state index contributed by atoms with van der Waals surface area (Å²) in [5.74, 6) is 0. The standard InChI is InChI=1S/C7H4Br3I/c8-3-5-6(9)1-4(11)2-7(5)10/h1-2H,3H2. The van der Waals surface area contributed by atoms with E-state index in [0.717, 1.165) is 14.3 Å². The van der Waals surface area contributed by atoms with Crippen molar-refractivity contribution in [2.24, 2.45) is 0 Å². The van der Waals surface area contributed by atoms with Gasteiger partial charge in [-0.25, -0.2) is 0 Å². The molecule has 60 valence electrons. The van der Waals surface area contributed by atoms with Gasteiger partial charge >= 0.3 is 0 Å². The third kappa shape index (κ3) is 2.67. The SMILES string of the molecule is BrCc1c(Br)cc(I)cc1Br. The van der Waals surface area contributed by atoms with E-state index in [0.29, 0.717) is 0 Å². The van der Waals surface area contributed by atoms with Gasteiger partial charge in [0, 0.05) is 17.8 Å². The van der Waals surface area contributed by atoms with Crippen LogP contribution in [0, 0.1) is 3.57 Å². The molecular weight excluding hydrogens is 451 g/mol. The third-order valence-corrected chi connectivity index (χ3v) is 3.84. The zero-order valence-corrected chi connectivity index (χ0v) is 12.3. The van der Waals surface area contributed by atoms with Crippen molar-refractivity contribution in [3.8, 4) is 0 Å². The summed E-state index contributed by atoms with van der Waals surface area (Å²) in [6.07, 6.45) is 0. The van der Waals surface area contributed by atoms with Gasteiger partial charge in [0.2, 0.25) is 0 Å². The van der Waals surface area contributed by atoms with Crippen LogP contribution in [0.25, 0.3) is 0 Å². The highest BCUT2D eigenvalue weighted by Crippen LogP contribution is 2.29. The second-order valence-corrected chi connectivity index (χ2v) is 5.50. The van der Waals surface area contributed by atoms with Gasteiger partial charge in [-0.2, -0.15) is 0 Å². The zero-order chi connectivity index (χ0) is 8.43. The number of halogens is 4. The first-order chi connectivity index (χ1) is 5.15. The fraction of sp³-hybridized carbons (Fsp3) is 0.143. The molecule has 0 atom stereocenters. The van der Waals surface area contributed by atoms with Crippen LogP contribution in [0.5, 0.6) is 0 Å². The summed E-state index contributed by atoms with van der Waals surface area (Å²) >= 11 is 12.7. The van der Waals surface area contributed by atoms with Crippen molar-refractivity contribution in [1.29, 1.82) is 0 Å². The van der Waals surface area contributed by atoms with E-state index >= 15 is 0 Å². The van der Waals surface area contributed by atoms with Crippen molar-refractivity contribution in [2.45, 2.75) is 5.33 Å². The minimum absolute atomic E-state index is 0.866. The first kappa shape index (κ1) is 10.5. The van der Waals surface area contributed by atoms with E-state index in [1.54, 1.807) is 0 Å². The average molecular weight is 455 g/mol. The van der Waals surface area contributed by atoms with Crippen molar-refractivity contribution in [3.63, 3.8) is 0 Å². The molecule has 0 saturated carbocycles. The van der Waals surface area contributed by atoms with Gasteiger partial charge in [-0.3, -0.25) is 0 Å². The molecule has 0 aliphatic carbocycles. The summed E-state index contributed by atoms with van der Waals surface area (Å²) in [6.45, 7) is 0. The Balaban J connectivity index is 3.25. The molecular formula is C7H4Br3I. The Hall–Kier alpha value is 1.39. The maximum absolute atomic E-state index is 3.49. The molecule has 0 amide bonds. The highest BCUT2D eigenvalue weighted by atomic mass is 127. The molecule has 0 aliphatic heterocycles. The molecule has 11 heavy (non-hydrogen) atoms. The van der Waals surface area contributed by atoms with Crippen molar-refractivity contribution >= 4 is 70.4 Å². The van der Waals surface area contributed by atoms with Crippen LogP contribution in [0.2, 0.25) is 0 Å². The van der Waals surface area contributed by atoms with Crippen molar-refractivity contribution in [3.05, 3.63) is 30.2 Å². The normalized spacial score (nSPS) is 10.2. The van der Waals surface area contributed by atoms with Gasteiger partial charge in [-0.15, -0.1) is 0 Å². The highest BCUT2D eigenvalue weighted by Gasteiger charge is 2.04. The van der Waals surface area contributed by atoms with Gasteiger partial charge in [-0.05, 0) is 40.3 Å². The number of hydrogen-bond acceptors (Lipinski definition) is 0. The van der Waals surface area contributed by atoms with Gasteiger partial charge in [0.1, 0.15) is 0 Å². The second kappa shape index (κ2) is 4.58. The third-order valence-electron chi connectivity index (χ3n) is 1.24. The van der Waals surface area contributed by atoms with Crippen LogP contribution in [0.4, 0.5) is 0 Å². The number of alkyl halides is 1. The molecule has 0 unspecified atom stereocenters. The van der Waals surface area contributed by atoms with E-state index in [9.17, 15) is 0 Å². The molecule has 0 heterocycles. The summed E-state index contributed by atoms with van der Waals surface area (Å²) in [5.41, 5.74) is 1.26. The molecule has 1 rings (SSSR count). The molecule has 0 saturated heterocycles. The van der Waals surface area contributed by atoms with E-state index < -0.39 is 0 Å². The molecule has 0 N–H and O–H groups in total. The van der Waals surface area contributed by atoms with Crippen molar-refractivity contribution in [1.82, 2.24) is 0 Å². The van der Waals surface area contributed by atoms with Gasteiger partial charge < -0.3 is 0 Å². The average Bonchev–Trinajstić information content (AvgIpc) is 1.85. The van der Waals surface area contributed by atoms with Crippen LogP contribution in [0.15, 0.2) is 21.1 Å². The maximum atomic E-state index is 3.49. The largest absolute Gasteiger partial charge is 0.0875 e. The Kier molecular flexibility index (Phi) is 4.36. The summed E-state index contributed by atoms with van der Waals surface area (Å²) in [5, 5.41) is 0.866. The fourth-order valence-corrected chi connectivity index (χ4v) is 5.00. The Morgan fingerprint density at radius 3 is 2.00 bits per heavy atom. The predicted octanol–water partition coefficient (Wildman–Crippen LogP) is 4.71. The Labute approximate surface area is 105 Å². The smallest absolute Gasteiger partial charge is 0.0305 e. The van der Waals surface area contributed by atoms with Gasteiger partial charge in [0.05, 0.1) is 0 Å². The van der Waals surface area contributed by atoms with E-state index in [4.69, 9.17) is 0 Å². The summed E-state index contributed by atoms with van der Waals surface area (Å²) < 4.78 is 3.52. The minimum atomic E-state index is 0.866. The van der Waals surface area contributed by atoms with Crippen LogP contribution in [-0.4, -0.2) is 0 Å². The van der Waals surface area contributed by atoms with Crippen molar-refractivity contribution < 1.29 is 0 Å². The van der Waals surface area contributed by atoms with E-state index in [1.807, 2.05) is 0 Å². The molecule has 0 fully saturated rings. The van der Waals surface area contributed by atoms with E-state index in [2.05, 4.69) is 82.5 Å². The molecule has 1 aromatic carbocycles. The molecule has 0 aliphatic rings. The quantitative estimate of drug-likeness (QED) is 0.426. The molecule has 0 aromatic heterocycles. The molecule has 4 heteroatoms. The number of rotatable bonds is 1. The first-order valence-electron chi connectivity index (χ1n) is 2.84.